The fraction of sp³-hybridized carbons (Fsp3) is 0.294. The summed E-state index contributed by atoms with van der Waals surface area (Å²) in [7, 11) is -5.58. The van der Waals surface area contributed by atoms with Crippen molar-refractivity contribution in [2.24, 2.45) is 0 Å². The molecule has 0 spiro atoms. The van der Waals surface area contributed by atoms with Crippen molar-refractivity contribution < 1.29 is 21.6 Å². The highest BCUT2D eigenvalue weighted by molar-refractivity contribution is 7.92. The average molecular weight is 396 g/mol. The van der Waals surface area contributed by atoms with Gasteiger partial charge in [-0.1, -0.05) is 0 Å². The second-order valence-electron chi connectivity index (χ2n) is 6.17. The van der Waals surface area contributed by atoms with Gasteiger partial charge < -0.3 is 4.74 Å². The summed E-state index contributed by atoms with van der Waals surface area (Å²) in [6, 6.07) is 9.61. The van der Waals surface area contributed by atoms with E-state index in [-0.39, 0.29) is 4.90 Å². The maximum atomic E-state index is 12.7. The summed E-state index contributed by atoms with van der Waals surface area (Å²) >= 11 is 0. The van der Waals surface area contributed by atoms with Crippen molar-refractivity contribution in [2.75, 3.05) is 28.9 Å². The topological polar surface area (TPSA) is 92.8 Å². The summed E-state index contributed by atoms with van der Waals surface area (Å²) in [4.78, 5) is 0.163. The van der Waals surface area contributed by atoms with E-state index in [2.05, 4.69) is 4.72 Å². The van der Waals surface area contributed by atoms with Crippen LogP contribution in [0, 0.1) is 6.92 Å². The molecule has 1 N–H and O–H groups in total. The van der Waals surface area contributed by atoms with Gasteiger partial charge in [-0.3, -0.25) is 9.03 Å². The highest BCUT2D eigenvalue weighted by Crippen LogP contribution is 2.33. The average Bonchev–Trinajstić information content (AvgIpc) is 2.97. The second kappa shape index (κ2) is 6.48. The van der Waals surface area contributed by atoms with E-state index >= 15 is 0 Å². The van der Waals surface area contributed by atoms with E-state index in [9.17, 15) is 16.8 Å². The summed E-state index contributed by atoms with van der Waals surface area (Å²) in [6.45, 7) is 2.06. The zero-order valence-corrected chi connectivity index (χ0v) is 16.3. The number of hydrogen-bond donors (Lipinski definition) is 1. The Morgan fingerprint density at radius 3 is 2.42 bits per heavy atom. The van der Waals surface area contributed by atoms with Crippen molar-refractivity contribution in [1.82, 2.24) is 0 Å². The van der Waals surface area contributed by atoms with Gasteiger partial charge in [-0.15, -0.1) is 0 Å². The molecule has 1 aliphatic heterocycles. The van der Waals surface area contributed by atoms with Crippen LogP contribution in [0.1, 0.15) is 11.1 Å². The van der Waals surface area contributed by atoms with Crippen LogP contribution in [0.3, 0.4) is 0 Å². The molecule has 1 aliphatic rings. The monoisotopic (exact) mass is 396 g/mol. The van der Waals surface area contributed by atoms with Crippen LogP contribution in [0.25, 0.3) is 0 Å². The van der Waals surface area contributed by atoms with Gasteiger partial charge in [-0.2, -0.15) is 0 Å². The van der Waals surface area contributed by atoms with Gasteiger partial charge in [0.25, 0.3) is 10.0 Å². The molecule has 0 amide bonds. The number of rotatable bonds is 5. The van der Waals surface area contributed by atoms with Gasteiger partial charge >= 0.3 is 0 Å². The van der Waals surface area contributed by atoms with Crippen LogP contribution in [0.4, 0.5) is 11.4 Å². The zero-order valence-electron chi connectivity index (χ0n) is 14.7. The van der Waals surface area contributed by atoms with Gasteiger partial charge in [0.2, 0.25) is 10.0 Å². The predicted octanol–water partition coefficient (Wildman–Crippen LogP) is 2.13. The lowest BCUT2D eigenvalue weighted by molar-refractivity contribution is 0.414. The van der Waals surface area contributed by atoms with E-state index in [0.717, 1.165) is 11.8 Å². The SMILES string of the molecule is COc1ccc(S(=O)(=O)Nc2ccc3c(c2)CCN3S(C)(=O)=O)c(C)c1. The van der Waals surface area contributed by atoms with E-state index in [1.165, 1.54) is 17.5 Å². The standard InChI is InChI=1S/C17H20N2O5S2/c1-12-10-15(24-2)5-7-17(12)26(22,23)18-14-4-6-16-13(11-14)8-9-19(16)25(3,20)21/h4-7,10-11,18H,8-9H2,1-3H3. The first-order chi connectivity index (χ1) is 12.1. The molecule has 0 bridgehead atoms. The van der Waals surface area contributed by atoms with Crippen molar-refractivity contribution in [3.63, 3.8) is 0 Å². The number of fused-ring (bicyclic) bond motifs is 1. The van der Waals surface area contributed by atoms with Gasteiger partial charge in [-0.25, -0.2) is 16.8 Å². The largest absolute Gasteiger partial charge is 0.497 e. The molecule has 0 radical (unpaired) electrons. The molecule has 0 fully saturated rings. The van der Waals surface area contributed by atoms with Gasteiger partial charge in [0.1, 0.15) is 5.75 Å². The Kier molecular flexibility index (Phi) is 4.61. The van der Waals surface area contributed by atoms with E-state index in [1.807, 2.05) is 0 Å². The third-order valence-electron chi connectivity index (χ3n) is 4.26. The van der Waals surface area contributed by atoms with Crippen molar-refractivity contribution in [3.8, 4) is 5.75 Å². The van der Waals surface area contributed by atoms with E-state index in [4.69, 9.17) is 4.74 Å². The lowest BCUT2D eigenvalue weighted by atomic mass is 10.1. The van der Waals surface area contributed by atoms with Crippen LogP contribution < -0.4 is 13.8 Å². The minimum atomic E-state index is -3.77. The Bertz CT molecular complexity index is 1060. The quantitative estimate of drug-likeness (QED) is 0.836. The number of hydrogen-bond acceptors (Lipinski definition) is 5. The van der Waals surface area contributed by atoms with Crippen LogP contribution in [-0.4, -0.2) is 36.7 Å². The molecule has 0 aromatic heterocycles. The molecule has 2 aromatic carbocycles. The number of nitrogens with zero attached hydrogens (tertiary/aromatic N) is 1. The third kappa shape index (κ3) is 3.49. The third-order valence-corrected chi connectivity index (χ3v) is 6.98. The van der Waals surface area contributed by atoms with Crippen LogP contribution in [-0.2, 0) is 26.5 Å². The summed E-state index contributed by atoms with van der Waals surface area (Å²) in [5, 5.41) is 0. The molecular formula is C17H20N2O5S2. The normalized spacial score (nSPS) is 14.2. The smallest absolute Gasteiger partial charge is 0.262 e. The summed E-state index contributed by atoms with van der Waals surface area (Å²) in [6.07, 6.45) is 1.70. The van der Waals surface area contributed by atoms with Gasteiger partial charge in [0.15, 0.2) is 0 Å². The van der Waals surface area contributed by atoms with Crippen LogP contribution in [0.2, 0.25) is 0 Å². The number of ether oxygens (including phenoxy) is 1. The molecule has 7 nitrogen and oxygen atoms in total. The van der Waals surface area contributed by atoms with E-state index in [1.54, 1.807) is 37.3 Å². The number of sulfonamides is 2. The summed E-state index contributed by atoms with van der Waals surface area (Å²) in [5.74, 6) is 0.583. The fourth-order valence-electron chi connectivity index (χ4n) is 3.04. The summed E-state index contributed by atoms with van der Waals surface area (Å²) < 4.78 is 57.9. The molecule has 0 atom stereocenters. The first-order valence-electron chi connectivity index (χ1n) is 7.90. The van der Waals surface area contributed by atoms with Gasteiger partial charge in [0, 0.05) is 12.2 Å². The molecule has 1 heterocycles. The number of aryl methyl sites for hydroxylation is 1. The molecule has 9 heteroatoms. The molecular weight excluding hydrogens is 376 g/mol. The van der Waals surface area contributed by atoms with Crippen molar-refractivity contribution in [1.29, 1.82) is 0 Å². The number of methoxy groups -OCH3 is 1. The molecule has 140 valence electrons. The van der Waals surface area contributed by atoms with Crippen LogP contribution >= 0.6 is 0 Å². The molecule has 0 saturated carbocycles. The Hall–Kier alpha value is -2.26. The minimum absolute atomic E-state index is 0.163. The van der Waals surface area contributed by atoms with Gasteiger partial charge in [-0.05, 0) is 60.9 Å². The van der Waals surface area contributed by atoms with Crippen LogP contribution in [0.15, 0.2) is 41.3 Å². The number of nitrogens with one attached hydrogen (secondary N) is 1. The minimum Gasteiger partial charge on any atom is -0.497 e. The highest BCUT2D eigenvalue weighted by Gasteiger charge is 2.27. The molecule has 2 aromatic rings. The van der Waals surface area contributed by atoms with Crippen LogP contribution in [0.5, 0.6) is 5.75 Å². The Labute approximate surface area is 153 Å². The Morgan fingerprint density at radius 1 is 1.08 bits per heavy atom. The molecule has 26 heavy (non-hydrogen) atoms. The second-order valence-corrected chi connectivity index (χ2v) is 9.72. The zero-order chi connectivity index (χ0) is 19.1. The van der Waals surface area contributed by atoms with E-state index in [0.29, 0.717) is 35.7 Å². The molecule has 0 saturated heterocycles. The number of anilines is 2. The Morgan fingerprint density at radius 2 is 1.81 bits per heavy atom. The predicted molar refractivity (Wildman–Crippen MR) is 101 cm³/mol. The first-order valence-corrected chi connectivity index (χ1v) is 11.2. The maximum Gasteiger partial charge on any atom is 0.262 e. The summed E-state index contributed by atoms with van der Waals surface area (Å²) in [5.41, 5.74) is 2.36. The number of benzene rings is 2. The lowest BCUT2D eigenvalue weighted by Gasteiger charge is -2.17. The molecule has 0 unspecified atom stereocenters. The molecule has 3 rings (SSSR count). The van der Waals surface area contributed by atoms with Gasteiger partial charge in [0.05, 0.1) is 23.9 Å². The Balaban J connectivity index is 1.90. The molecule has 0 aliphatic carbocycles. The van der Waals surface area contributed by atoms with Crippen molar-refractivity contribution >= 4 is 31.4 Å². The lowest BCUT2D eigenvalue weighted by Crippen LogP contribution is -2.27. The maximum absolute atomic E-state index is 12.7. The van der Waals surface area contributed by atoms with Crippen molar-refractivity contribution in [3.05, 3.63) is 47.5 Å². The van der Waals surface area contributed by atoms with E-state index < -0.39 is 20.0 Å². The fourth-order valence-corrected chi connectivity index (χ4v) is 5.28. The van der Waals surface area contributed by atoms with Crippen molar-refractivity contribution in [2.45, 2.75) is 18.2 Å². The first kappa shape index (κ1) is 18.5. The highest BCUT2D eigenvalue weighted by atomic mass is 32.2.